The summed E-state index contributed by atoms with van der Waals surface area (Å²) in [5, 5.41) is 12.2. The summed E-state index contributed by atoms with van der Waals surface area (Å²) in [6.45, 7) is 6.67. The second-order valence-electron chi connectivity index (χ2n) is 14.1. The third-order valence-electron chi connectivity index (χ3n) is 9.79. The summed E-state index contributed by atoms with van der Waals surface area (Å²) >= 11 is 0. The van der Waals surface area contributed by atoms with Crippen LogP contribution in [-0.2, 0) is 11.3 Å². The maximum Gasteiger partial charge on any atom is 0.256 e. The molecule has 12 nitrogen and oxygen atoms in total. The largest absolute Gasteiger partial charge is 0.497 e. The molecule has 274 valence electrons. The van der Waals surface area contributed by atoms with E-state index in [2.05, 4.69) is 41.4 Å². The summed E-state index contributed by atoms with van der Waals surface area (Å²) in [6.07, 6.45) is 10.3. The van der Waals surface area contributed by atoms with Gasteiger partial charge in [0, 0.05) is 61.8 Å². The molecule has 0 radical (unpaired) electrons. The maximum atomic E-state index is 13.1. The zero-order valence-corrected chi connectivity index (χ0v) is 30.7. The summed E-state index contributed by atoms with van der Waals surface area (Å²) < 4.78 is 13.7. The van der Waals surface area contributed by atoms with Crippen LogP contribution >= 0.6 is 0 Å². The van der Waals surface area contributed by atoms with E-state index in [9.17, 15) is 9.59 Å². The lowest BCUT2D eigenvalue weighted by atomic mass is 10.1. The molecule has 1 saturated carbocycles. The van der Waals surface area contributed by atoms with Gasteiger partial charge in [0.15, 0.2) is 11.5 Å². The first-order valence-corrected chi connectivity index (χ1v) is 18.2. The minimum atomic E-state index is -0.257. The number of amides is 2. The van der Waals surface area contributed by atoms with Crippen molar-refractivity contribution in [3.05, 3.63) is 108 Å². The van der Waals surface area contributed by atoms with Crippen LogP contribution in [0.5, 0.6) is 17.2 Å². The molecule has 1 saturated heterocycles. The topological polar surface area (TPSA) is 127 Å². The van der Waals surface area contributed by atoms with Gasteiger partial charge in [0.05, 0.1) is 13.7 Å². The fourth-order valence-corrected chi connectivity index (χ4v) is 6.50. The number of pyridine rings is 2. The fraction of sp³-hybridized carbons (Fsp3) is 0.341. The molecule has 4 heterocycles. The molecule has 0 bridgehead atoms. The first kappa shape index (κ1) is 35.6. The number of hydrogen-bond donors (Lipinski definition) is 2. The van der Waals surface area contributed by atoms with E-state index in [4.69, 9.17) is 19.6 Å². The number of rotatable bonds is 14. The first-order valence-electron chi connectivity index (χ1n) is 18.2. The maximum absolute atomic E-state index is 13.1. The predicted octanol–water partition coefficient (Wildman–Crippen LogP) is 6.71. The van der Waals surface area contributed by atoms with Crippen molar-refractivity contribution < 1.29 is 19.1 Å². The first-order chi connectivity index (χ1) is 25.7. The minimum Gasteiger partial charge on any atom is -0.497 e. The molecule has 53 heavy (non-hydrogen) atoms. The molecule has 1 aliphatic carbocycles. The van der Waals surface area contributed by atoms with E-state index in [0.29, 0.717) is 65.9 Å². The molecular formula is C41H46N8O4. The number of likely N-dealkylation sites (N-methyl/N-ethyl adjacent to an activating group) is 1. The highest BCUT2D eigenvalue weighted by Crippen LogP contribution is 2.35. The highest BCUT2D eigenvalue weighted by molar-refractivity contribution is 6.03. The van der Waals surface area contributed by atoms with Crippen molar-refractivity contribution in [1.82, 2.24) is 29.5 Å². The lowest BCUT2D eigenvalue weighted by Gasteiger charge is -2.16. The van der Waals surface area contributed by atoms with E-state index in [0.717, 1.165) is 35.2 Å². The van der Waals surface area contributed by atoms with Crippen LogP contribution in [0.3, 0.4) is 0 Å². The number of carbonyl (C=O) groups excluding carboxylic acids is 2. The monoisotopic (exact) mass is 714 g/mol. The number of fused-ring (bicyclic) bond motifs is 1. The van der Waals surface area contributed by atoms with E-state index in [-0.39, 0.29) is 17.9 Å². The van der Waals surface area contributed by atoms with Crippen LogP contribution in [-0.4, -0.2) is 87.2 Å². The molecule has 3 aromatic heterocycles. The molecule has 2 aliphatic rings. The molecule has 2 aromatic carbocycles. The minimum absolute atomic E-state index is 0.00408. The third kappa shape index (κ3) is 8.66. The van der Waals surface area contributed by atoms with Gasteiger partial charge < -0.3 is 25.0 Å². The van der Waals surface area contributed by atoms with Crippen LogP contribution in [0, 0.1) is 0 Å². The number of nitrogens with one attached hydrogen (secondary N) is 2. The number of methoxy groups -OCH3 is 1. The van der Waals surface area contributed by atoms with Crippen molar-refractivity contribution in [2.75, 3.05) is 44.4 Å². The zero-order valence-electron chi connectivity index (χ0n) is 30.7. The Balaban J connectivity index is 1.09. The number of likely N-dealkylation sites (tertiary alicyclic amines) is 1. The summed E-state index contributed by atoms with van der Waals surface area (Å²) in [5.74, 6) is 3.13. The van der Waals surface area contributed by atoms with Gasteiger partial charge in [0.25, 0.3) is 5.91 Å². The van der Waals surface area contributed by atoms with Crippen LogP contribution in [0.4, 0.5) is 11.6 Å². The Morgan fingerprint density at radius 3 is 2.47 bits per heavy atom. The Morgan fingerprint density at radius 2 is 1.74 bits per heavy atom. The second-order valence-corrected chi connectivity index (χ2v) is 14.1. The molecule has 1 aliphatic heterocycles. The average Bonchev–Trinajstić information content (AvgIpc) is 3.83. The lowest BCUT2D eigenvalue weighted by molar-refractivity contribution is -0.125. The van der Waals surface area contributed by atoms with Gasteiger partial charge in [0.1, 0.15) is 28.5 Å². The normalized spacial score (nSPS) is 15.8. The third-order valence-corrected chi connectivity index (χ3v) is 9.79. The van der Waals surface area contributed by atoms with E-state index in [1.165, 1.54) is 12.8 Å². The quantitative estimate of drug-likeness (QED) is 0.121. The van der Waals surface area contributed by atoms with Crippen LogP contribution < -0.4 is 20.1 Å². The van der Waals surface area contributed by atoms with Gasteiger partial charge >= 0.3 is 0 Å². The number of nitrogens with zero attached hydrogens (tertiary/aromatic N) is 6. The van der Waals surface area contributed by atoms with Crippen molar-refractivity contribution in [3.8, 4) is 17.2 Å². The van der Waals surface area contributed by atoms with E-state index < -0.39 is 0 Å². The molecule has 0 spiro atoms. The number of anilines is 2. The molecular weight excluding hydrogens is 669 g/mol. The van der Waals surface area contributed by atoms with Crippen molar-refractivity contribution in [2.24, 2.45) is 0 Å². The fourth-order valence-electron chi connectivity index (χ4n) is 6.50. The van der Waals surface area contributed by atoms with Crippen LogP contribution in [0.2, 0.25) is 0 Å². The number of hydrogen-bond acceptors (Lipinski definition) is 9. The predicted molar refractivity (Wildman–Crippen MR) is 206 cm³/mol. The molecule has 1 atom stereocenters. The van der Waals surface area contributed by atoms with Crippen LogP contribution in [0.15, 0.2) is 91.3 Å². The van der Waals surface area contributed by atoms with Crippen molar-refractivity contribution >= 4 is 34.5 Å². The van der Waals surface area contributed by atoms with Gasteiger partial charge in [-0.25, -0.2) is 14.6 Å². The summed E-state index contributed by atoms with van der Waals surface area (Å²) in [6, 6.07) is 21.2. The van der Waals surface area contributed by atoms with E-state index >= 15 is 0 Å². The van der Waals surface area contributed by atoms with Gasteiger partial charge in [-0.05, 0) is 91.9 Å². The molecule has 5 aromatic rings. The molecule has 12 heteroatoms. The lowest BCUT2D eigenvalue weighted by Crippen LogP contribution is -2.30. The molecule has 0 unspecified atom stereocenters. The van der Waals surface area contributed by atoms with Crippen LogP contribution in [0.1, 0.15) is 60.5 Å². The number of aromatic nitrogens is 4. The Labute approximate surface area is 309 Å². The highest BCUT2D eigenvalue weighted by Gasteiger charge is 2.28. The van der Waals surface area contributed by atoms with Gasteiger partial charge in [0.2, 0.25) is 5.91 Å². The standard InChI is InChI=1S/C41H46N8O4/c1-27(2)30-17-20-42-36(24-30)45-41(51)29-9-15-34(16-10-29)53-35-18-21-43-40-38(35)39(46-49(40)25-28-7-13-33(52-4)14-8-28)44-31-19-23-48(26-31)37(50)6-5-22-47(3)32-11-12-32/h5-10,13-18,20-21,24,27,31-32H,11-12,19,22-23,25-26H2,1-4H3,(H,44,46)(H,42,45,51)/t31-/m1/s1. The summed E-state index contributed by atoms with van der Waals surface area (Å²) in [7, 11) is 3.75. The van der Waals surface area contributed by atoms with E-state index in [1.54, 1.807) is 49.8 Å². The molecule has 2 amide bonds. The highest BCUT2D eigenvalue weighted by atomic mass is 16.5. The number of carbonyl (C=O) groups is 2. The second kappa shape index (κ2) is 15.9. The SMILES string of the molecule is COc1ccc(Cn2nc(N[C@@H]3CCN(C(=O)C=CCN(C)C4CC4)C3)c3c(Oc4ccc(C(=O)Nc5cc(C(C)C)ccn5)cc4)ccnc32)cc1. The molecule has 2 N–H and O–H groups in total. The number of ether oxygens (including phenoxy) is 2. The van der Waals surface area contributed by atoms with Gasteiger partial charge in [-0.2, -0.15) is 5.10 Å². The van der Waals surface area contributed by atoms with E-state index in [1.807, 2.05) is 58.1 Å². The Kier molecular flexibility index (Phi) is 10.7. The Morgan fingerprint density at radius 1 is 0.981 bits per heavy atom. The smallest absolute Gasteiger partial charge is 0.256 e. The van der Waals surface area contributed by atoms with Crippen LogP contribution in [0.25, 0.3) is 11.0 Å². The zero-order chi connectivity index (χ0) is 36.9. The Bertz CT molecular complexity index is 2090. The number of benzene rings is 2. The van der Waals surface area contributed by atoms with Crippen molar-refractivity contribution in [3.63, 3.8) is 0 Å². The molecule has 2 fully saturated rings. The average molecular weight is 715 g/mol. The Hall–Kier alpha value is -5.75. The van der Waals surface area contributed by atoms with Gasteiger partial charge in [-0.1, -0.05) is 32.1 Å². The van der Waals surface area contributed by atoms with Crippen molar-refractivity contribution in [1.29, 1.82) is 0 Å². The summed E-state index contributed by atoms with van der Waals surface area (Å²) in [4.78, 5) is 39.3. The summed E-state index contributed by atoms with van der Waals surface area (Å²) in [5.41, 5.74) is 3.27. The van der Waals surface area contributed by atoms with Crippen molar-refractivity contribution in [2.45, 2.75) is 57.7 Å². The molecule has 7 rings (SSSR count). The van der Waals surface area contributed by atoms with Gasteiger partial charge in [-0.15, -0.1) is 0 Å². The van der Waals surface area contributed by atoms with Gasteiger partial charge in [-0.3, -0.25) is 14.5 Å².